The van der Waals surface area contributed by atoms with Crippen LogP contribution in [0.1, 0.15) is 149 Å². The van der Waals surface area contributed by atoms with Crippen LogP contribution >= 0.6 is 0 Å². The highest BCUT2D eigenvalue weighted by molar-refractivity contribution is 5.69. The molecular weight excluding hydrogens is 388 g/mol. The summed E-state index contributed by atoms with van der Waals surface area (Å²) < 4.78 is 5.18. The number of aliphatic hydroxyl groups is 2. The van der Waals surface area contributed by atoms with E-state index in [1.165, 1.54) is 103 Å². The van der Waals surface area contributed by atoms with Gasteiger partial charge in [-0.1, -0.05) is 116 Å². The van der Waals surface area contributed by atoms with E-state index < -0.39 is 5.60 Å². The first-order valence-corrected chi connectivity index (χ1v) is 13.5. The molecule has 0 saturated heterocycles. The number of hydrogen-bond acceptors (Lipinski definition) is 4. The molecule has 0 amide bonds. The third-order valence-electron chi connectivity index (χ3n) is 6.29. The zero-order chi connectivity index (χ0) is 23.0. The maximum Gasteiger partial charge on any atom is 0.305 e. The van der Waals surface area contributed by atoms with E-state index in [0.29, 0.717) is 19.3 Å². The molecule has 0 spiro atoms. The van der Waals surface area contributed by atoms with Gasteiger partial charge in [-0.2, -0.15) is 0 Å². The zero-order valence-electron chi connectivity index (χ0n) is 21.0. The van der Waals surface area contributed by atoms with Crippen LogP contribution in [0.25, 0.3) is 0 Å². The number of rotatable bonds is 24. The van der Waals surface area contributed by atoms with Crippen molar-refractivity contribution < 1.29 is 19.7 Å². The molecule has 2 N–H and O–H groups in total. The molecule has 0 saturated carbocycles. The molecule has 4 nitrogen and oxygen atoms in total. The molecule has 186 valence electrons. The molecule has 0 bridgehead atoms. The molecule has 0 heterocycles. The Hall–Kier alpha value is -0.610. The monoisotopic (exact) mass is 442 g/mol. The van der Waals surface area contributed by atoms with Crippen molar-refractivity contribution in [1.82, 2.24) is 0 Å². The fourth-order valence-corrected chi connectivity index (χ4v) is 3.99. The Kier molecular flexibility index (Phi) is 22.1. The predicted octanol–water partition coefficient (Wildman–Crippen LogP) is 7.48. The summed E-state index contributed by atoms with van der Waals surface area (Å²) in [6, 6.07) is 0. The second-order valence-corrected chi connectivity index (χ2v) is 9.70. The Balaban J connectivity index is 3.22. The first-order chi connectivity index (χ1) is 15.0. The van der Waals surface area contributed by atoms with Crippen LogP contribution in [0, 0.1) is 0 Å². The Labute approximate surface area is 193 Å². The lowest BCUT2D eigenvalue weighted by Gasteiger charge is -2.21. The summed E-state index contributed by atoms with van der Waals surface area (Å²) in [5.41, 5.74) is -0.956. The minimum Gasteiger partial charge on any atom is -0.466 e. The quantitative estimate of drug-likeness (QED) is 0.120. The van der Waals surface area contributed by atoms with Crippen molar-refractivity contribution >= 4 is 5.97 Å². The van der Waals surface area contributed by atoms with Gasteiger partial charge in [-0.25, -0.2) is 0 Å². The highest BCUT2D eigenvalue weighted by Crippen LogP contribution is 2.16. The first kappa shape index (κ1) is 30.4. The minimum atomic E-state index is -0.956. The fourth-order valence-electron chi connectivity index (χ4n) is 3.99. The van der Waals surface area contributed by atoms with Crippen LogP contribution in [-0.2, 0) is 9.53 Å². The molecule has 0 rings (SSSR count). The van der Waals surface area contributed by atoms with Crippen molar-refractivity contribution in [3.05, 3.63) is 0 Å². The van der Waals surface area contributed by atoms with Crippen molar-refractivity contribution in [2.45, 2.75) is 154 Å². The first-order valence-electron chi connectivity index (χ1n) is 13.5. The van der Waals surface area contributed by atoms with E-state index in [1.54, 1.807) is 6.92 Å². The number of carbonyl (C=O) groups is 1. The van der Waals surface area contributed by atoms with Gasteiger partial charge in [0.15, 0.2) is 0 Å². The molecule has 31 heavy (non-hydrogen) atoms. The third kappa shape index (κ3) is 23.9. The number of unbranched alkanes of at least 4 members (excludes halogenated alkanes) is 17. The summed E-state index contributed by atoms with van der Waals surface area (Å²) in [5, 5.41) is 18.8. The van der Waals surface area contributed by atoms with Crippen molar-refractivity contribution in [1.29, 1.82) is 0 Å². The fraction of sp³-hybridized carbons (Fsp3) is 0.963. The molecule has 0 aliphatic carbocycles. The SMILES string of the molecule is CCCCCCCCCCCCCCCCCCCCC(=O)OCCC(C)(O)CCO. The molecule has 0 aliphatic heterocycles. The predicted molar refractivity (Wildman–Crippen MR) is 131 cm³/mol. The van der Waals surface area contributed by atoms with Crippen LogP contribution in [0.5, 0.6) is 0 Å². The van der Waals surface area contributed by atoms with Crippen molar-refractivity contribution in [2.24, 2.45) is 0 Å². The standard InChI is InChI=1S/C27H54O4/c1-3-4-5-6-7-8-9-10-11-12-13-14-15-16-17-18-19-20-21-26(29)31-25-23-27(2,30)22-24-28/h28,30H,3-25H2,1-2H3. The number of aliphatic hydroxyl groups excluding tert-OH is 1. The molecule has 1 atom stereocenters. The van der Waals surface area contributed by atoms with Gasteiger partial charge in [-0.3, -0.25) is 4.79 Å². The average molecular weight is 443 g/mol. The second kappa shape index (κ2) is 22.6. The van der Waals surface area contributed by atoms with Crippen molar-refractivity contribution in [3.8, 4) is 0 Å². The van der Waals surface area contributed by atoms with Gasteiger partial charge in [0.2, 0.25) is 0 Å². The highest BCUT2D eigenvalue weighted by atomic mass is 16.5. The maximum absolute atomic E-state index is 11.7. The highest BCUT2D eigenvalue weighted by Gasteiger charge is 2.19. The van der Waals surface area contributed by atoms with Crippen LogP contribution in [0.15, 0.2) is 0 Å². The number of ether oxygens (including phenoxy) is 1. The maximum atomic E-state index is 11.7. The lowest BCUT2D eigenvalue weighted by atomic mass is 9.99. The van der Waals surface area contributed by atoms with Crippen LogP contribution in [-0.4, -0.2) is 35.0 Å². The van der Waals surface area contributed by atoms with Crippen LogP contribution < -0.4 is 0 Å². The van der Waals surface area contributed by atoms with Gasteiger partial charge in [0.1, 0.15) is 0 Å². The van der Waals surface area contributed by atoms with E-state index in [9.17, 15) is 9.90 Å². The Morgan fingerprint density at radius 1 is 0.677 bits per heavy atom. The molecule has 0 fully saturated rings. The molecule has 1 unspecified atom stereocenters. The van der Waals surface area contributed by atoms with Crippen molar-refractivity contribution in [3.63, 3.8) is 0 Å². The third-order valence-corrected chi connectivity index (χ3v) is 6.29. The van der Waals surface area contributed by atoms with E-state index in [-0.39, 0.29) is 19.2 Å². The molecule has 0 aromatic carbocycles. The number of esters is 1. The molecule has 4 heteroatoms. The summed E-state index contributed by atoms with van der Waals surface area (Å²) in [4.78, 5) is 11.7. The van der Waals surface area contributed by atoms with E-state index in [1.807, 2.05) is 0 Å². The molecule has 0 aliphatic rings. The number of carbonyl (C=O) groups excluding carboxylic acids is 1. The Bertz CT molecular complexity index is 381. The van der Waals surface area contributed by atoms with E-state index in [0.717, 1.165) is 12.8 Å². The lowest BCUT2D eigenvalue weighted by molar-refractivity contribution is -0.145. The average Bonchev–Trinajstić information content (AvgIpc) is 2.72. The normalized spacial score (nSPS) is 13.3. The van der Waals surface area contributed by atoms with Gasteiger partial charge in [0.25, 0.3) is 0 Å². The zero-order valence-corrected chi connectivity index (χ0v) is 21.0. The van der Waals surface area contributed by atoms with Gasteiger partial charge < -0.3 is 14.9 Å². The molecule has 0 radical (unpaired) electrons. The topological polar surface area (TPSA) is 66.8 Å². The largest absolute Gasteiger partial charge is 0.466 e. The van der Waals surface area contributed by atoms with Crippen LogP contribution in [0.3, 0.4) is 0 Å². The molecule has 0 aromatic rings. The Morgan fingerprint density at radius 2 is 1.06 bits per heavy atom. The summed E-state index contributed by atoms with van der Waals surface area (Å²) >= 11 is 0. The van der Waals surface area contributed by atoms with Gasteiger partial charge in [0, 0.05) is 19.4 Å². The lowest BCUT2D eigenvalue weighted by Crippen LogP contribution is -2.27. The van der Waals surface area contributed by atoms with Gasteiger partial charge in [-0.15, -0.1) is 0 Å². The number of hydrogen-bond donors (Lipinski definition) is 2. The molecule has 0 aromatic heterocycles. The van der Waals surface area contributed by atoms with Gasteiger partial charge >= 0.3 is 5.97 Å². The summed E-state index contributed by atoms with van der Waals surface area (Å²) in [7, 11) is 0. The van der Waals surface area contributed by atoms with Gasteiger partial charge in [0.05, 0.1) is 12.2 Å². The van der Waals surface area contributed by atoms with E-state index >= 15 is 0 Å². The van der Waals surface area contributed by atoms with E-state index in [4.69, 9.17) is 9.84 Å². The smallest absolute Gasteiger partial charge is 0.305 e. The van der Waals surface area contributed by atoms with Crippen LogP contribution in [0.4, 0.5) is 0 Å². The molecular formula is C27H54O4. The minimum absolute atomic E-state index is 0.0553. The summed E-state index contributed by atoms with van der Waals surface area (Å²) in [6.07, 6.45) is 25.3. The van der Waals surface area contributed by atoms with Gasteiger partial charge in [-0.05, 0) is 19.8 Å². The summed E-state index contributed by atoms with van der Waals surface area (Å²) in [5.74, 6) is -0.170. The van der Waals surface area contributed by atoms with Crippen molar-refractivity contribution in [2.75, 3.05) is 13.2 Å². The Morgan fingerprint density at radius 3 is 1.45 bits per heavy atom. The van der Waals surface area contributed by atoms with Crippen LogP contribution in [0.2, 0.25) is 0 Å². The second-order valence-electron chi connectivity index (χ2n) is 9.70. The summed E-state index contributed by atoms with van der Waals surface area (Å²) in [6.45, 7) is 4.11. The van der Waals surface area contributed by atoms with E-state index in [2.05, 4.69) is 6.92 Å².